The lowest BCUT2D eigenvalue weighted by Gasteiger charge is -2.08. The zero-order valence-electron chi connectivity index (χ0n) is 9.50. The monoisotopic (exact) mass is 206 g/mol. The summed E-state index contributed by atoms with van der Waals surface area (Å²) >= 11 is 0. The molecular formula is C12H18N2O. The van der Waals surface area contributed by atoms with Gasteiger partial charge in [-0.05, 0) is 17.0 Å². The van der Waals surface area contributed by atoms with Gasteiger partial charge in [0.15, 0.2) is 0 Å². The number of benzene rings is 1. The fraction of sp³-hybridized carbons (Fsp3) is 0.417. The summed E-state index contributed by atoms with van der Waals surface area (Å²) in [7, 11) is 1.61. The third-order valence-electron chi connectivity index (χ3n) is 2.30. The molecule has 82 valence electrons. The summed E-state index contributed by atoms with van der Waals surface area (Å²) in [5, 5.41) is 5.29. The summed E-state index contributed by atoms with van der Waals surface area (Å²) in [4.78, 5) is 11.0. The summed E-state index contributed by atoms with van der Waals surface area (Å²) < 4.78 is 0. The van der Waals surface area contributed by atoms with Crippen LogP contribution in [-0.2, 0) is 6.54 Å². The van der Waals surface area contributed by atoms with Gasteiger partial charge >= 0.3 is 6.03 Å². The quantitative estimate of drug-likeness (QED) is 0.782. The molecule has 1 aromatic rings. The second-order valence-corrected chi connectivity index (χ2v) is 3.83. The van der Waals surface area contributed by atoms with E-state index in [-0.39, 0.29) is 6.03 Å². The van der Waals surface area contributed by atoms with Gasteiger partial charge < -0.3 is 10.6 Å². The Morgan fingerprint density at radius 1 is 1.40 bits per heavy atom. The number of amides is 2. The Bertz CT molecular complexity index is 334. The number of nitrogens with one attached hydrogen (secondary N) is 2. The summed E-state index contributed by atoms with van der Waals surface area (Å²) in [6.45, 7) is 4.89. The number of hydrogen-bond donors (Lipinski definition) is 2. The van der Waals surface area contributed by atoms with E-state index in [0.717, 1.165) is 5.56 Å². The summed E-state index contributed by atoms with van der Waals surface area (Å²) in [5.41, 5.74) is 2.43. The third kappa shape index (κ3) is 3.62. The minimum Gasteiger partial charge on any atom is -0.341 e. The molecular weight excluding hydrogens is 188 g/mol. The molecule has 0 unspecified atom stereocenters. The third-order valence-corrected chi connectivity index (χ3v) is 2.30. The molecule has 0 atom stereocenters. The number of hydrogen-bond acceptors (Lipinski definition) is 1. The predicted octanol–water partition coefficient (Wildman–Crippen LogP) is 2.24. The van der Waals surface area contributed by atoms with Crippen LogP contribution in [0.5, 0.6) is 0 Å². The average Bonchev–Trinajstić information content (AvgIpc) is 2.26. The molecule has 0 saturated heterocycles. The Morgan fingerprint density at radius 2 is 2.13 bits per heavy atom. The van der Waals surface area contributed by atoms with Gasteiger partial charge in [0, 0.05) is 13.6 Å². The minimum atomic E-state index is -0.148. The molecule has 0 spiro atoms. The van der Waals surface area contributed by atoms with Crippen molar-refractivity contribution in [1.82, 2.24) is 10.6 Å². The lowest BCUT2D eigenvalue weighted by atomic mass is 10.0. The van der Waals surface area contributed by atoms with Crippen LogP contribution < -0.4 is 10.6 Å². The van der Waals surface area contributed by atoms with Crippen LogP contribution in [0.25, 0.3) is 0 Å². The van der Waals surface area contributed by atoms with Gasteiger partial charge in [0.05, 0.1) is 0 Å². The van der Waals surface area contributed by atoms with E-state index in [1.165, 1.54) is 5.56 Å². The molecule has 0 radical (unpaired) electrons. The zero-order valence-corrected chi connectivity index (χ0v) is 9.50. The highest BCUT2D eigenvalue weighted by molar-refractivity contribution is 5.73. The number of carbonyl (C=O) groups excluding carboxylic acids is 1. The van der Waals surface area contributed by atoms with Gasteiger partial charge in [-0.1, -0.05) is 38.1 Å². The maximum Gasteiger partial charge on any atom is 0.314 e. The molecule has 3 heteroatoms. The smallest absolute Gasteiger partial charge is 0.314 e. The summed E-state index contributed by atoms with van der Waals surface area (Å²) in [6, 6.07) is 8.12. The number of carbonyl (C=O) groups is 1. The second-order valence-electron chi connectivity index (χ2n) is 3.83. The van der Waals surface area contributed by atoms with Crippen molar-refractivity contribution >= 4 is 6.03 Å². The summed E-state index contributed by atoms with van der Waals surface area (Å²) in [6.07, 6.45) is 0. The van der Waals surface area contributed by atoms with Crippen LogP contribution in [0.15, 0.2) is 24.3 Å². The standard InChI is InChI=1S/C12H18N2O/c1-9(2)11-6-4-5-10(7-11)8-14-12(15)13-3/h4-7,9H,8H2,1-3H3,(H2,13,14,15). The fourth-order valence-corrected chi connectivity index (χ4v) is 1.33. The molecule has 0 saturated carbocycles. The van der Waals surface area contributed by atoms with Gasteiger partial charge in [0.2, 0.25) is 0 Å². The maximum absolute atomic E-state index is 11.0. The molecule has 0 bridgehead atoms. The topological polar surface area (TPSA) is 41.1 Å². The van der Waals surface area contributed by atoms with E-state index < -0.39 is 0 Å². The van der Waals surface area contributed by atoms with E-state index in [2.05, 4.69) is 36.6 Å². The van der Waals surface area contributed by atoms with Crippen molar-refractivity contribution in [2.45, 2.75) is 26.3 Å². The lowest BCUT2D eigenvalue weighted by molar-refractivity contribution is 0.242. The Hall–Kier alpha value is -1.51. The highest BCUT2D eigenvalue weighted by Gasteiger charge is 2.01. The predicted molar refractivity (Wildman–Crippen MR) is 61.8 cm³/mol. The van der Waals surface area contributed by atoms with Gasteiger partial charge in [0.1, 0.15) is 0 Å². The van der Waals surface area contributed by atoms with Crippen molar-refractivity contribution < 1.29 is 4.79 Å². The van der Waals surface area contributed by atoms with Crippen molar-refractivity contribution in [2.75, 3.05) is 7.05 Å². The van der Waals surface area contributed by atoms with Crippen molar-refractivity contribution in [1.29, 1.82) is 0 Å². The molecule has 0 aliphatic rings. The maximum atomic E-state index is 11.0. The van der Waals surface area contributed by atoms with Crippen LogP contribution in [0, 0.1) is 0 Å². The Labute approximate surface area is 90.9 Å². The molecule has 1 aromatic carbocycles. The van der Waals surface area contributed by atoms with Crippen molar-refractivity contribution in [2.24, 2.45) is 0 Å². The average molecular weight is 206 g/mol. The van der Waals surface area contributed by atoms with Crippen LogP contribution in [0.4, 0.5) is 4.79 Å². The van der Waals surface area contributed by atoms with Gasteiger partial charge in [-0.15, -0.1) is 0 Å². The first kappa shape index (κ1) is 11.6. The first-order valence-electron chi connectivity index (χ1n) is 5.18. The van der Waals surface area contributed by atoms with Gasteiger partial charge in [-0.25, -0.2) is 4.79 Å². The largest absolute Gasteiger partial charge is 0.341 e. The molecule has 3 nitrogen and oxygen atoms in total. The van der Waals surface area contributed by atoms with E-state index in [1.807, 2.05) is 12.1 Å². The molecule has 0 aliphatic heterocycles. The van der Waals surface area contributed by atoms with Crippen molar-refractivity contribution in [3.8, 4) is 0 Å². The first-order valence-corrected chi connectivity index (χ1v) is 5.18. The molecule has 1 rings (SSSR count). The van der Waals surface area contributed by atoms with Crippen LogP contribution in [0.2, 0.25) is 0 Å². The summed E-state index contributed by atoms with van der Waals surface area (Å²) in [5.74, 6) is 0.518. The van der Waals surface area contributed by atoms with Crippen molar-refractivity contribution in [3.63, 3.8) is 0 Å². The first-order chi connectivity index (χ1) is 7.13. The fourth-order valence-electron chi connectivity index (χ4n) is 1.33. The molecule has 2 amide bonds. The zero-order chi connectivity index (χ0) is 11.3. The number of urea groups is 1. The molecule has 2 N–H and O–H groups in total. The van der Waals surface area contributed by atoms with Gasteiger partial charge in [-0.3, -0.25) is 0 Å². The van der Waals surface area contributed by atoms with Gasteiger partial charge in [-0.2, -0.15) is 0 Å². The SMILES string of the molecule is CNC(=O)NCc1cccc(C(C)C)c1. The highest BCUT2D eigenvalue weighted by atomic mass is 16.2. The van der Waals surface area contributed by atoms with Gasteiger partial charge in [0.25, 0.3) is 0 Å². The van der Waals surface area contributed by atoms with E-state index in [9.17, 15) is 4.79 Å². The Kier molecular flexibility index (Phi) is 4.16. The molecule has 0 aromatic heterocycles. The molecule has 15 heavy (non-hydrogen) atoms. The van der Waals surface area contributed by atoms with Crippen LogP contribution in [0.1, 0.15) is 30.9 Å². The van der Waals surface area contributed by atoms with Crippen molar-refractivity contribution in [3.05, 3.63) is 35.4 Å². The second kappa shape index (κ2) is 5.39. The Balaban J connectivity index is 2.61. The van der Waals surface area contributed by atoms with Crippen LogP contribution in [-0.4, -0.2) is 13.1 Å². The van der Waals surface area contributed by atoms with Crippen LogP contribution >= 0.6 is 0 Å². The molecule has 0 aliphatic carbocycles. The molecule has 0 fully saturated rings. The highest BCUT2D eigenvalue weighted by Crippen LogP contribution is 2.15. The molecule has 0 heterocycles. The van der Waals surface area contributed by atoms with E-state index >= 15 is 0 Å². The minimum absolute atomic E-state index is 0.148. The van der Waals surface area contributed by atoms with E-state index in [0.29, 0.717) is 12.5 Å². The van der Waals surface area contributed by atoms with Crippen LogP contribution in [0.3, 0.4) is 0 Å². The Morgan fingerprint density at radius 3 is 2.73 bits per heavy atom. The van der Waals surface area contributed by atoms with E-state index in [4.69, 9.17) is 0 Å². The number of rotatable bonds is 3. The lowest BCUT2D eigenvalue weighted by Crippen LogP contribution is -2.32. The normalized spacial score (nSPS) is 10.1. The van der Waals surface area contributed by atoms with E-state index in [1.54, 1.807) is 7.05 Å².